The molecule has 4 aliphatic carbocycles. The highest BCUT2D eigenvalue weighted by Crippen LogP contribution is 2.68. The number of rotatable bonds is 10. The molecular weight excluding hydrogens is 520 g/mol. The van der Waals surface area contributed by atoms with Crippen molar-refractivity contribution < 1.29 is 30.0 Å². The summed E-state index contributed by atoms with van der Waals surface area (Å²) in [7, 11) is 0. The van der Waals surface area contributed by atoms with Crippen LogP contribution in [0, 0.1) is 46.3 Å². The molecule has 4 rings (SSSR count). The Balaban J connectivity index is 0.00000420. The largest absolute Gasteiger partial charge is 0.480 e. The third kappa shape index (κ3) is 6.15. The van der Waals surface area contributed by atoms with Gasteiger partial charge in [0.25, 0.3) is 0 Å². The molecule has 4 fully saturated rings. The quantitative estimate of drug-likeness (QED) is 0.219. The van der Waals surface area contributed by atoms with E-state index in [2.05, 4.69) is 26.1 Å². The Morgan fingerprint density at radius 1 is 1.00 bits per heavy atom. The van der Waals surface area contributed by atoms with E-state index in [1.807, 2.05) is 0 Å². The minimum absolute atomic E-state index is 0. The van der Waals surface area contributed by atoms with Gasteiger partial charge < -0.3 is 31.5 Å². The lowest BCUT2D eigenvalue weighted by Crippen LogP contribution is -2.62. The average molecular weight is 573 g/mol. The van der Waals surface area contributed by atoms with Gasteiger partial charge in [-0.3, -0.25) is 4.79 Å². The van der Waals surface area contributed by atoms with E-state index in [1.165, 1.54) is 0 Å². The summed E-state index contributed by atoms with van der Waals surface area (Å²) < 4.78 is 0. The second-order valence-corrected chi connectivity index (χ2v) is 13.8. The number of hydrogen-bond acceptors (Lipinski definition) is 6. The summed E-state index contributed by atoms with van der Waals surface area (Å²) in [4.78, 5) is 24.2. The van der Waals surface area contributed by atoms with Gasteiger partial charge in [0.2, 0.25) is 5.91 Å². The fraction of sp³-hybridized carbons (Fsp3) is 0.933. The number of halogens is 1. The molecule has 0 aromatic carbocycles. The molecule has 0 bridgehead atoms. The standard InChI is InChI=1S/C30H52N2O6.ClH/c1-17(7-10-26(36)32-23(28(37)38)6-4-5-13-31)20-8-9-21-27-22(16-25(35)30(20,21)3)29(2)12-11-19(33)14-18(29)15-24(27)34;/h17-25,27,33-35H,4-16,31H2,1-3H3,(H,32,36)(H,37,38);1H/t17-,18+,19-,20-,21+,22+,23+,24-,25+,27+,29+,30-;/m1./s1. The predicted molar refractivity (Wildman–Crippen MR) is 152 cm³/mol. The first kappa shape index (κ1) is 32.6. The summed E-state index contributed by atoms with van der Waals surface area (Å²) in [5.74, 6) is 0.202. The Labute approximate surface area is 240 Å². The second kappa shape index (κ2) is 12.9. The van der Waals surface area contributed by atoms with Crippen molar-refractivity contribution in [3.05, 3.63) is 0 Å². The fourth-order valence-electron chi connectivity index (χ4n) is 9.71. The van der Waals surface area contributed by atoms with Crippen LogP contribution in [0.2, 0.25) is 0 Å². The molecule has 7 N–H and O–H groups in total. The maximum atomic E-state index is 12.7. The van der Waals surface area contributed by atoms with Crippen molar-refractivity contribution in [3.8, 4) is 0 Å². The highest BCUT2D eigenvalue weighted by molar-refractivity contribution is 5.85. The lowest BCUT2D eigenvalue weighted by molar-refractivity contribution is -0.207. The number of aliphatic carboxylic acids is 1. The van der Waals surface area contributed by atoms with E-state index in [4.69, 9.17) is 5.73 Å². The first-order chi connectivity index (χ1) is 17.9. The molecule has 4 aliphatic rings. The van der Waals surface area contributed by atoms with Crippen LogP contribution in [-0.2, 0) is 9.59 Å². The van der Waals surface area contributed by atoms with Crippen molar-refractivity contribution in [1.29, 1.82) is 0 Å². The fourth-order valence-corrected chi connectivity index (χ4v) is 9.71. The molecule has 9 heteroatoms. The van der Waals surface area contributed by atoms with Gasteiger partial charge in [-0.2, -0.15) is 0 Å². The molecule has 0 radical (unpaired) electrons. The number of carbonyl (C=O) groups excluding carboxylic acids is 1. The van der Waals surface area contributed by atoms with E-state index in [9.17, 15) is 30.0 Å². The van der Waals surface area contributed by atoms with E-state index in [-0.39, 0.29) is 71.3 Å². The zero-order chi connectivity index (χ0) is 27.8. The molecule has 0 aromatic rings. The van der Waals surface area contributed by atoms with Crippen LogP contribution in [0.1, 0.15) is 97.8 Å². The zero-order valence-electron chi connectivity index (χ0n) is 24.1. The molecule has 4 saturated carbocycles. The minimum Gasteiger partial charge on any atom is -0.480 e. The van der Waals surface area contributed by atoms with Crippen molar-refractivity contribution in [2.24, 2.45) is 52.1 Å². The first-order valence-electron chi connectivity index (χ1n) is 15.2. The van der Waals surface area contributed by atoms with Crippen LogP contribution in [0.3, 0.4) is 0 Å². The molecule has 0 heterocycles. The van der Waals surface area contributed by atoms with Gasteiger partial charge in [0, 0.05) is 6.42 Å². The van der Waals surface area contributed by atoms with Crippen LogP contribution >= 0.6 is 12.4 Å². The van der Waals surface area contributed by atoms with Gasteiger partial charge in [0.1, 0.15) is 6.04 Å². The number of nitrogens with one attached hydrogen (secondary N) is 1. The first-order valence-corrected chi connectivity index (χ1v) is 15.2. The third-order valence-corrected chi connectivity index (χ3v) is 11.9. The van der Waals surface area contributed by atoms with Crippen LogP contribution in [0.25, 0.3) is 0 Å². The number of aliphatic hydroxyl groups is 3. The van der Waals surface area contributed by atoms with Gasteiger partial charge in [-0.25, -0.2) is 4.79 Å². The predicted octanol–water partition coefficient (Wildman–Crippen LogP) is 3.48. The molecule has 1 amide bonds. The topological polar surface area (TPSA) is 153 Å². The van der Waals surface area contributed by atoms with E-state index >= 15 is 0 Å². The number of carboxylic acid groups (broad SMARTS) is 1. The molecule has 0 aliphatic heterocycles. The van der Waals surface area contributed by atoms with Crippen LogP contribution < -0.4 is 11.1 Å². The number of unbranched alkanes of at least 4 members (excludes halogenated alkanes) is 1. The van der Waals surface area contributed by atoms with E-state index in [0.717, 1.165) is 44.9 Å². The minimum atomic E-state index is -1.01. The molecule has 0 spiro atoms. The van der Waals surface area contributed by atoms with Crippen molar-refractivity contribution >= 4 is 24.3 Å². The van der Waals surface area contributed by atoms with Gasteiger partial charge in [-0.1, -0.05) is 20.8 Å². The lowest BCUT2D eigenvalue weighted by Gasteiger charge is -2.63. The maximum Gasteiger partial charge on any atom is 0.326 e. The molecule has 0 saturated heterocycles. The molecule has 12 atom stereocenters. The number of carbonyl (C=O) groups is 2. The summed E-state index contributed by atoms with van der Waals surface area (Å²) in [5.41, 5.74) is 5.26. The monoisotopic (exact) mass is 572 g/mol. The molecule has 0 aromatic heterocycles. The Morgan fingerprint density at radius 2 is 1.72 bits per heavy atom. The molecule has 226 valence electrons. The van der Waals surface area contributed by atoms with Gasteiger partial charge in [-0.05, 0) is 124 Å². The summed E-state index contributed by atoms with van der Waals surface area (Å²) in [5, 5.41) is 45.6. The van der Waals surface area contributed by atoms with Crippen molar-refractivity contribution in [1.82, 2.24) is 5.32 Å². The lowest BCUT2D eigenvalue weighted by atomic mass is 9.43. The number of aliphatic hydroxyl groups excluding tert-OH is 3. The SMILES string of the molecule is C[C@H](CCC(=O)N[C@@H](CCCCN)C(=O)O)[C@H]1CC[C@H]2[C@@H]3[C@H](O)C[C@@H]4C[C@H](O)CC[C@]4(C)[C@H]3C[C@H](O)[C@]12C.Cl. The maximum absolute atomic E-state index is 12.7. The number of nitrogens with two attached hydrogens (primary N) is 1. The summed E-state index contributed by atoms with van der Waals surface area (Å²) >= 11 is 0. The van der Waals surface area contributed by atoms with Crippen molar-refractivity contribution in [2.45, 2.75) is 122 Å². The van der Waals surface area contributed by atoms with Crippen molar-refractivity contribution in [3.63, 3.8) is 0 Å². The van der Waals surface area contributed by atoms with Crippen LogP contribution in [0.4, 0.5) is 0 Å². The Morgan fingerprint density at radius 3 is 2.38 bits per heavy atom. The van der Waals surface area contributed by atoms with Gasteiger partial charge in [-0.15, -0.1) is 12.4 Å². The highest BCUT2D eigenvalue weighted by atomic mass is 35.5. The molecular formula is C30H53ClN2O6. The summed E-state index contributed by atoms with van der Waals surface area (Å²) in [6.07, 6.45) is 7.50. The van der Waals surface area contributed by atoms with Gasteiger partial charge in [0.05, 0.1) is 18.3 Å². The normalized spacial score (nSPS) is 42.7. The van der Waals surface area contributed by atoms with Crippen LogP contribution in [0.15, 0.2) is 0 Å². The average Bonchev–Trinajstić information content (AvgIpc) is 3.22. The number of amides is 1. The number of fused-ring (bicyclic) bond motifs is 5. The van der Waals surface area contributed by atoms with E-state index < -0.39 is 24.2 Å². The summed E-state index contributed by atoms with van der Waals surface area (Å²) in [6.45, 7) is 7.23. The third-order valence-electron chi connectivity index (χ3n) is 11.9. The summed E-state index contributed by atoms with van der Waals surface area (Å²) in [6, 6.07) is -0.881. The highest BCUT2D eigenvalue weighted by Gasteiger charge is 2.65. The smallest absolute Gasteiger partial charge is 0.326 e. The zero-order valence-corrected chi connectivity index (χ0v) is 24.9. The molecule has 39 heavy (non-hydrogen) atoms. The molecule has 0 unspecified atom stereocenters. The Kier molecular flexibility index (Phi) is 10.8. The van der Waals surface area contributed by atoms with Crippen LogP contribution in [0.5, 0.6) is 0 Å². The number of hydrogen-bond donors (Lipinski definition) is 6. The van der Waals surface area contributed by atoms with Gasteiger partial charge >= 0.3 is 5.97 Å². The van der Waals surface area contributed by atoms with Crippen molar-refractivity contribution in [2.75, 3.05) is 6.54 Å². The number of carboxylic acids is 1. The molecule has 8 nitrogen and oxygen atoms in total. The Bertz CT molecular complexity index is 861. The van der Waals surface area contributed by atoms with Crippen LogP contribution in [-0.4, -0.2) is 63.2 Å². The second-order valence-electron chi connectivity index (χ2n) is 13.8. The van der Waals surface area contributed by atoms with E-state index in [0.29, 0.717) is 38.1 Å². The van der Waals surface area contributed by atoms with Gasteiger partial charge in [0.15, 0.2) is 0 Å². The van der Waals surface area contributed by atoms with E-state index in [1.54, 1.807) is 0 Å². The Hall–Kier alpha value is -0.930.